The summed E-state index contributed by atoms with van der Waals surface area (Å²) in [4.78, 5) is 6.79. The standard InChI is InChI=1S/C14H26N4O2/c1-5-18-8-9-19-11(10-18)13-16-12(20-17-13)6-7-15-14(2,3)4/h11,15H,5-10H2,1-4H3. The Hall–Kier alpha value is -0.980. The van der Waals surface area contributed by atoms with E-state index in [1.54, 1.807) is 0 Å². The number of nitrogens with one attached hydrogen (secondary N) is 1. The second kappa shape index (κ2) is 6.65. The van der Waals surface area contributed by atoms with Gasteiger partial charge in [-0.05, 0) is 27.3 Å². The van der Waals surface area contributed by atoms with E-state index in [1.807, 2.05) is 0 Å². The lowest BCUT2D eigenvalue weighted by atomic mass is 10.1. The molecule has 1 aliphatic rings. The van der Waals surface area contributed by atoms with Gasteiger partial charge in [0.05, 0.1) is 6.61 Å². The zero-order valence-corrected chi connectivity index (χ0v) is 13.0. The first kappa shape index (κ1) is 15.4. The summed E-state index contributed by atoms with van der Waals surface area (Å²) < 4.78 is 11.0. The Balaban J connectivity index is 1.85. The van der Waals surface area contributed by atoms with E-state index in [0.717, 1.165) is 39.2 Å². The van der Waals surface area contributed by atoms with Gasteiger partial charge in [-0.1, -0.05) is 12.1 Å². The van der Waals surface area contributed by atoms with E-state index in [-0.39, 0.29) is 11.6 Å². The Labute approximate surface area is 120 Å². The molecule has 0 bridgehead atoms. The summed E-state index contributed by atoms with van der Waals surface area (Å²) in [5.41, 5.74) is 0.108. The third-order valence-electron chi connectivity index (χ3n) is 3.36. The minimum Gasteiger partial charge on any atom is -0.367 e. The summed E-state index contributed by atoms with van der Waals surface area (Å²) in [5.74, 6) is 1.35. The van der Waals surface area contributed by atoms with Gasteiger partial charge >= 0.3 is 0 Å². The Morgan fingerprint density at radius 3 is 2.90 bits per heavy atom. The highest BCUT2D eigenvalue weighted by atomic mass is 16.5. The number of rotatable bonds is 5. The fourth-order valence-corrected chi connectivity index (χ4v) is 2.19. The molecule has 0 spiro atoms. The van der Waals surface area contributed by atoms with Crippen molar-refractivity contribution in [1.29, 1.82) is 0 Å². The molecule has 0 radical (unpaired) electrons. The minimum atomic E-state index is -0.0585. The van der Waals surface area contributed by atoms with Gasteiger partial charge < -0.3 is 14.6 Å². The van der Waals surface area contributed by atoms with E-state index in [1.165, 1.54) is 0 Å². The lowest BCUT2D eigenvalue weighted by Gasteiger charge is -2.30. The summed E-state index contributed by atoms with van der Waals surface area (Å²) in [6.45, 7) is 13.0. The number of hydrogen-bond acceptors (Lipinski definition) is 6. The average molecular weight is 282 g/mol. The normalized spacial score (nSPS) is 21.3. The van der Waals surface area contributed by atoms with Gasteiger partial charge in [0.1, 0.15) is 6.10 Å². The van der Waals surface area contributed by atoms with Gasteiger partial charge in [-0.25, -0.2) is 0 Å². The van der Waals surface area contributed by atoms with Crippen LogP contribution in [0.3, 0.4) is 0 Å². The zero-order valence-electron chi connectivity index (χ0n) is 13.0. The number of likely N-dealkylation sites (N-methyl/N-ethyl adjacent to an activating group) is 1. The topological polar surface area (TPSA) is 63.4 Å². The van der Waals surface area contributed by atoms with Crippen molar-refractivity contribution >= 4 is 0 Å². The minimum absolute atomic E-state index is 0.0585. The molecule has 0 saturated carbocycles. The highest BCUT2D eigenvalue weighted by molar-refractivity contribution is 4.94. The largest absolute Gasteiger partial charge is 0.367 e. The smallest absolute Gasteiger partial charge is 0.228 e. The predicted octanol–water partition coefficient (Wildman–Crippen LogP) is 1.39. The molecule has 0 aromatic carbocycles. The van der Waals surface area contributed by atoms with Crippen LogP contribution in [0, 0.1) is 0 Å². The summed E-state index contributed by atoms with van der Waals surface area (Å²) in [6, 6.07) is 0. The molecule has 1 fully saturated rings. The van der Waals surface area contributed by atoms with E-state index in [9.17, 15) is 0 Å². The third kappa shape index (κ3) is 4.54. The van der Waals surface area contributed by atoms with Crippen LogP contribution in [0.1, 0.15) is 45.5 Å². The van der Waals surface area contributed by atoms with Gasteiger partial charge in [-0.15, -0.1) is 0 Å². The Morgan fingerprint density at radius 1 is 1.40 bits per heavy atom. The number of nitrogens with zero attached hydrogens (tertiary/aromatic N) is 3. The van der Waals surface area contributed by atoms with Crippen LogP contribution < -0.4 is 5.32 Å². The molecule has 1 aromatic rings. The Morgan fingerprint density at radius 2 is 2.20 bits per heavy atom. The second-order valence-corrected chi connectivity index (χ2v) is 6.23. The molecule has 1 aliphatic heterocycles. The summed E-state index contributed by atoms with van der Waals surface area (Å²) in [7, 11) is 0. The maximum absolute atomic E-state index is 5.73. The van der Waals surface area contributed by atoms with Gasteiger partial charge in [0.15, 0.2) is 0 Å². The maximum atomic E-state index is 5.73. The predicted molar refractivity (Wildman–Crippen MR) is 76.6 cm³/mol. The maximum Gasteiger partial charge on any atom is 0.228 e. The van der Waals surface area contributed by atoms with Crippen molar-refractivity contribution in [3.05, 3.63) is 11.7 Å². The molecule has 1 N–H and O–H groups in total. The fraction of sp³-hybridized carbons (Fsp3) is 0.857. The monoisotopic (exact) mass is 282 g/mol. The SMILES string of the molecule is CCN1CCOC(c2noc(CCNC(C)(C)C)n2)C1. The van der Waals surface area contributed by atoms with Crippen molar-refractivity contribution in [3.63, 3.8) is 0 Å². The van der Waals surface area contributed by atoms with Crippen LogP contribution in [-0.4, -0.2) is 53.4 Å². The number of morpholine rings is 1. The van der Waals surface area contributed by atoms with Crippen LogP contribution in [0.25, 0.3) is 0 Å². The number of ether oxygens (including phenoxy) is 1. The van der Waals surface area contributed by atoms with Gasteiger partial charge in [0, 0.05) is 31.6 Å². The van der Waals surface area contributed by atoms with Gasteiger partial charge in [0.25, 0.3) is 0 Å². The van der Waals surface area contributed by atoms with Gasteiger partial charge in [-0.2, -0.15) is 4.98 Å². The first-order chi connectivity index (χ1) is 9.48. The first-order valence-corrected chi connectivity index (χ1v) is 7.39. The quantitative estimate of drug-likeness (QED) is 0.880. The molecular formula is C14H26N4O2. The highest BCUT2D eigenvalue weighted by Crippen LogP contribution is 2.19. The molecule has 114 valence electrons. The van der Waals surface area contributed by atoms with Crippen LogP contribution in [0.4, 0.5) is 0 Å². The molecule has 0 amide bonds. The molecule has 1 saturated heterocycles. The summed E-state index contributed by atoms with van der Waals surface area (Å²) in [5, 5.41) is 7.47. The molecule has 1 unspecified atom stereocenters. The molecular weight excluding hydrogens is 256 g/mol. The van der Waals surface area contributed by atoms with Crippen LogP contribution in [0.5, 0.6) is 0 Å². The second-order valence-electron chi connectivity index (χ2n) is 6.23. The van der Waals surface area contributed by atoms with Crippen molar-refractivity contribution in [3.8, 4) is 0 Å². The Kier molecular flexibility index (Phi) is 5.12. The molecule has 6 nitrogen and oxygen atoms in total. The van der Waals surface area contributed by atoms with Crippen molar-refractivity contribution in [2.75, 3.05) is 32.8 Å². The lowest BCUT2D eigenvalue weighted by Crippen LogP contribution is -2.38. The van der Waals surface area contributed by atoms with Crippen LogP contribution in [-0.2, 0) is 11.2 Å². The first-order valence-electron chi connectivity index (χ1n) is 7.39. The molecule has 2 heterocycles. The number of hydrogen-bond donors (Lipinski definition) is 1. The Bertz CT molecular complexity index is 414. The summed E-state index contributed by atoms with van der Waals surface area (Å²) >= 11 is 0. The molecule has 0 aliphatic carbocycles. The zero-order chi connectivity index (χ0) is 14.6. The fourth-order valence-electron chi connectivity index (χ4n) is 2.19. The van der Waals surface area contributed by atoms with E-state index < -0.39 is 0 Å². The third-order valence-corrected chi connectivity index (χ3v) is 3.36. The van der Waals surface area contributed by atoms with Crippen molar-refractivity contribution < 1.29 is 9.26 Å². The number of aromatic nitrogens is 2. The van der Waals surface area contributed by atoms with E-state index in [4.69, 9.17) is 9.26 Å². The lowest BCUT2D eigenvalue weighted by molar-refractivity contribution is -0.0334. The van der Waals surface area contributed by atoms with Crippen molar-refractivity contribution in [1.82, 2.24) is 20.4 Å². The summed E-state index contributed by atoms with van der Waals surface area (Å²) in [6.07, 6.45) is 0.686. The molecule has 2 rings (SSSR count). The van der Waals surface area contributed by atoms with Gasteiger partial charge in [0.2, 0.25) is 11.7 Å². The van der Waals surface area contributed by atoms with Crippen molar-refractivity contribution in [2.24, 2.45) is 0 Å². The van der Waals surface area contributed by atoms with E-state index in [0.29, 0.717) is 11.7 Å². The van der Waals surface area contributed by atoms with Crippen molar-refractivity contribution in [2.45, 2.75) is 45.8 Å². The molecule has 6 heteroatoms. The molecule has 1 atom stereocenters. The van der Waals surface area contributed by atoms with Crippen LogP contribution in [0.15, 0.2) is 4.52 Å². The van der Waals surface area contributed by atoms with Crippen LogP contribution >= 0.6 is 0 Å². The average Bonchev–Trinajstić information content (AvgIpc) is 2.86. The van der Waals surface area contributed by atoms with E-state index >= 15 is 0 Å². The molecule has 20 heavy (non-hydrogen) atoms. The highest BCUT2D eigenvalue weighted by Gasteiger charge is 2.25. The molecule has 1 aromatic heterocycles. The van der Waals surface area contributed by atoms with Gasteiger partial charge in [-0.3, -0.25) is 4.90 Å². The van der Waals surface area contributed by atoms with E-state index in [2.05, 4.69) is 48.1 Å². The van der Waals surface area contributed by atoms with Crippen LogP contribution in [0.2, 0.25) is 0 Å².